The molecule has 2 N–H and O–H groups in total. The Kier molecular flexibility index (Phi) is 6.71. The van der Waals surface area contributed by atoms with E-state index in [4.69, 9.17) is 12.2 Å². The van der Waals surface area contributed by atoms with E-state index >= 15 is 0 Å². The average molecular weight is 404 g/mol. The number of nitrogens with one attached hydrogen (secondary N) is 2. The highest BCUT2D eigenvalue weighted by Crippen LogP contribution is 2.16. The van der Waals surface area contributed by atoms with Gasteiger partial charge in [0.25, 0.3) is 5.91 Å². The number of anilines is 2. The minimum absolute atomic E-state index is 0.110. The van der Waals surface area contributed by atoms with Crippen LogP contribution in [0.4, 0.5) is 11.4 Å². The zero-order valence-electron chi connectivity index (χ0n) is 16.0. The lowest BCUT2D eigenvalue weighted by atomic mass is 10.1. The zero-order valence-corrected chi connectivity index (χ0v) is 16.8. The van der Waals surface area contributed by atoms with E-state index in [1.165, 1.54) is 0 Å². The maximum Gasteiger partial charge on any atom is 0.258 e. The van der Waals surface area contributed by atoms with Crippen molar-refractivity contribution in [3.05, 3.63) is 96.1 Å². The van der Waals surface area contributed by atoms with E-state index in [2.05, 4.69) is 10.6 Å². The van der Waals surface area contributed by atoms with Gasteiger partial charge in [-0.2, -0.15) is 0 Å². The van der Waals surface area contributed by atoms with Crippen molar-refractivity contribution in [2.75, 3.05) is 17.3 Å². The molecule has 0 spiro atoms. The van der Waals surface area contributed by atoms with Crippen LogP contribution >= 0.6 is 12.2 Å². The van der Waals surface area contributed by atoms with E-state index in [0.717, 1.165) is 11.3 Å². The predicted octanol–water partition coefficient (Wildman–Crippen LogP) is 4.02. The third-order valence-corrected chi connectivity index (χ3v) is 4.50. The summed E-state index contributed by atoms with van der Waals surface area (Å²) < 4.78 is 0. The van der Waals surface area contributed by atoms with Crippen molar-refractivity contribution in [1.29, 1.82) is 0 Å². The lowest BCUT2D eigenvalue weighted by molar-refractivity contribution is -0.119. The molecule has 3 rings (SSSR count). The topological polar surface area (TPSA) is 61.4 Å². The van der Waals surface area contributed by atoms with Crippen LogP contribution in [0.2, 0.25) is 0 Å². The molecule has 0 aromatic heterocycles. The van der Waals surface area contributed by atoms with E-state index in [9.17, 15) is 9.59 Å². The molecule has 3 aromatic rings. The first-order chi connectivity index (χ1) is 14.0. The summed E-state index contributed by atoms with van der Waals surface area (Å²) in [7, 11) is 1.74. The predicted molar refractivity (Wildman–Crippen MR) is 120 cm³/mol. The van der Waals surface area contributed by atoms with Gasteiger partial charge in [-0.25, -0.2) is 0 Å². The SMILES string of the molecule is CN(C(=O)c1ccc(NC(=S)NC(=O)Cc2ccccc2)cc1)c1ccccc1. The Morgan fingerprint density at radius 1 is 0.862 bits per heavy atom. The van der Waals surface area contributed by atoms with Crippen molar-refractivity contribution in [3.8, 4) is 0 Å². The molecule has 0 aliphatic rings. The molecule has 6 heteroatoms. The average Bonchev–Trinajstić information content (AvgIpc) is 2.74. The highest BCUT2D eigenvalue weighted by atomic mass is 32.1. The first-order valence-corrected chi connectivity index (χ1v) is 9.51. The van der Waals surface area contributed by atoms with Gasteiger partial charge >= 0.3 is 0 Å². The van der Waals surface area contributed by atoms with Crippen molar-refractivity contribution in [2.24, 2.45) is 0 Å². The van der Waals surface area contributed by atoms with Gasteiger partial charge in [-0.05, 0) is 54.2 Å². The monoisotopic (exact) mass is 403 g/mol. The molecule has 0 radical (unpaired) electrons. The van der Waals surface area contributed by atoms with Gasteiger partial charge < -0.3 is 15.5 Å². The molecule has 5 nitrogen and oxygen atoms in total. The molecule has 29 heavy (non-hydrogen) atoms. The molecule has 0 atom stereocenters. The van der Waals surface area contributed by atoms with Gasteiger partial charge in [-0.1, -0.05) is 48.5 Å². The maximum atomic E-state index is 12.6. The Labute approximate surface area is 175 Å². The largest absolute Gasteiger partial charge is 0.332 e. The Hall–Kier alpha value is -3.51. The fourth-order valence-electron chi connectivity index (χ4n) is 2.77. The molecule has 146 valence electrons. The number of benzene rings is 3. The molecule has 0 heterocycles. The van der Waals surface area contributed by atoms with Gasteiger partial charge in [0, 0.05) is 24.0 Å². The van der Waals surface area contributed by atoms with Crippen molar-refractivity contribution in [1.82, 2.24) is 5.32 Å². The summed E-state index contributed by atoms with van der Waals surface area (Å²) in [5.41, 5.74) is 2.98. The Balaban J connectivity index is 1.55. The second kappa shape index (κ2) is 9.61. The summed E-state index contributed by atoms with van der Waals surface area (Å²) in [5, 5.41) is 5.83. The van der Waals surface area contributed by atoms with Crippen molar-refractivity contribution in [3.63, 3.8) is 0 Å². The maximum absolute atomic E-state index is 12.6. The Morgan fingerprint density at radius 2 is 1.45 bits per heavy atom. The van der Waals surface area contributed by atoms with Gasteiger partial charge in [0.15, 0.2) is 5.11 Å². The van der Waals surface area contributed by atoms with Crippen LogP contribution < -0.4 is 15.5 Å². The normalized spacial score (nSPS) is 10.1. The standard InChI is InChI=1S/C23H21N3O2S/c1-26(20-10-6-3-7-11-20)22(28)18-12-14-19(15-13-18)24-23(29)25-21(27)16-17-8-4-2-5-9-17/h2-15H,16H2,1H3,(H2,24,25,27,29). The molecule has 2 amide bonds. The summed E-state index contributed by atoms with van der Waals surface area (Å²) >= 11 is 5.20. The number of thiocarbonyl (C=S) groups is 1. The minimum Gasteiger partial charge on any atom is -0.332 e. The first-order valence-electron chi connectivity index (χ1n) is 9.11. The summed E-state index contributed by atoms with van der Waals surface area (Å²) in [6, 6.07) is 25.8. The number of carbonyl (C=O) groups is 2. The minimum atomic E-state index is -0.190. The zero-order chi connectivity index (χ0) is 20.6. The number of carbonyl (C=O) groups excluding carboxylic acids is 2. The fraction of sp³-hybridized carbons (Fsp3) is 0.0870. The second-order valence-electron chi connectivity index (χ2n) is 6.44. The number of hydrogen-bond donors (Lipinski definition) is 2. The summed E-state index contributed by atoms with van der Waals surface area (Å²) in [4.78, 5) is 26.3. The summed E-state index contributed by atoms with van der Waals surface area (Å²) in [5.74, 6) is -0.300. The second-order valence-corrected chi connectivity index (χ2v) is 6.85. The molecular formula is C23H21N3O2S. The van der Waals surface area contributed by atoms with Gasteiger partial charge in [-0.15, -0.1) is 0 Å². The first kappa shape index (κ1) is 20.2. The third-order valence-electron chi connectivity index (χ3n) is 4.30. The van der Waals surface area contributed by atoms with E-state index < -0.39 is 0 Å². The van der Waals surface area contributed by atoms with Crippen LogP contribution in [-0.2, 0) is 11.2 Å². The number of nitrogens with zero attached hydrogens (tertiary/aromatic N) is 1. The molecule has 3 aromatic carbocycles. The van der Waals surface area contributed by atoms with Gasteiger partial charge in [-0.3, -0.25) is 9.59 Å². The highest BCUT2D eigenvalue weighted by molar-refractivity contribution is 7.80. The summed E-state index contributed by atoms with van der Waals surface area (Å²) in [6.07, 6.45) is 0.252. The quantitative estimate of drug-likeness (QED) is 0.632. The Morgan fingerprint density at radius 3 is 2.07 bits per heavy atom. The van der Waals surface area contributed by atoms with Crippen LogP contribution in [0.15, 0.2) is 84.9 Å². The van der Waals surface area contributed by atoms with Gasteiger partial charge in [0.2, 0.25) is 5.91 Å². The molecule has 0 fully saturated rings. The van der Waals surface area contributed by atoms with Gasteiger partial charge in [0.1, 0.15) is 0 Å². The number of para-hydroxylation sites is 1. The van der Waals surface area contributed by atoms with Crippen LogP contribution in [0, 0.1) is 0 Å². The van der Waals surface area contributed by atoms with Gasteiger partial charge in [0.05, 0.1) is 6.42 Å². The van der Waals surface area contributed by atoms with Crippen LogP contribution in [0.1, 0.15) is 15.9 Å². The van der Waals surface area contributed by atoms with E-state index in [1.807, 2.05) is 60.7 Å². The van der Waals surface area contributed by atoms with E-state index in [0.29, 0.717) is 11.3 Å². The molecule has 0 unspecified atom stereocenters. The molecule has 0 saturated carbocycles. The number of hydrogen-bond acceptors (Lipinski definition) is 3. The van der Waals surface area contributed by atoms with Crippen LogP contribution in [0.25, 0.3) is 0 Å². The van der Waals surface area contributed by atoms with Crippen molar-refractivity contribution >= 4 is 40.5 Å². The van der Waals surface area contributed by atoms with Crippen LogP contribution in [-0.4, -0.2) is 24.0 Å². The smallest absolute Gasteiger partial charge is 0.258 e. The third kappa shape index (κ3) is 5.73. The van der Waals surface area contributed by atoms with Crippen molar-refractivity contribution in [2.45, 2.75) is 6.42 Å². The lowest BCUT2D eigenvalue weighted by Gasteiger charge is -2.17. The summed E-state index contributed by atoms with van der Waals surface area (Å²) in [6.45, 7) is 0. The Bertz CT molecular complexity index is 990. The molecule has 0 bridgehead atoms. The number of rotatable bonds is 5. The fourth-order valence-corrected chi connectivity index (χ4v) is 3.00. The van der Waals surface area contributed by atoms with Crippen molar-refractivity contribution < 1.29 is 9.59 Å². The molecule has 0 aliphatic heterocycles. The van der Waals surface area contributed by atoms with E-state index in [-0.39, 0.29) is 23.3 Å². The molecular weight excluding hydrogens is 382 g/mol. The number of amides is 2. The molecule has 0 aliphatic carbocycles. The highest BCUT2D eigenvalue weighted by Gasteiger charge is 2.13. The van der Waals surface area contributed by atoms with E-state index in [1.54, 1.807) is 36.2 Å². The lowest BCUT2D eigenvalue weighted by Crippen LogP contribution is -2.35. The van der Waals surface area contributed by atoms with Crippen LogP contribution in [0.5, 0.6) is 0 Å². The molecule has 0 saturated heterocycles. The van der Waals surface area contributed by atoms with Crippen LogP contribution in [0.3, 0.4) is 0 Å².